The summed E-state index contributed by atoms with van der Waals surface area (Å²) in [6.45, 7) is 5.65. The van der Waals surface area contributed by atoms with Crippen LogP contribution in [0.2, 0.25) is 0 Å². The summed E-state index contributed by atoms with van der Waals surface area (Å²) in [6.07, 6.45) is 1.32. The molecule has 0 saturated carbocycles. The maximum absolute atomic E-state index is 12.9. The number of furan rings is 1. The fraction of sp³-hybridized carbons (Fsp3) is 0.409. The van der Waals surface area contributed by atoms with Crippen LogP contribution in [-0.2, 0) is 33.8 Å². The van der Waals surface area contributed by atoms with E-state index in [0.29, 0.717) is 12.2 Å². The minimum absolute atomic E-state index is 0.195. The third kappa shape index (κ3) is 5.62. The molecule has 30 heavy (non-hydrogen) atoms. The van der Waals surface area contributed by atoms with Crippen LogP contribution in [0, 0.1) is 0 Å². The maximum Gasteiger partial charge on any atom is 0.411 e. The number of benzene rings is 1. The van der Waals surface area contributed by atoms with Gasteiger partial charge in [-0.15, -0.1) is 0 Å². The molecule has 2 heterocycles. The number of hydrogen-bond donors (Lipinski definition) is 2. The Morgan fingerprint density at radius 1 is 1.10 bits per heavy atom. The summed E-state index contributed by atoms with van der Waals surface area (Å²) in [7, 11) is 0. The van der Waals surface area contributed by atoms with Crippen molar-refractivity contribution in [2.75, 3.05) is 6.54 Å². The molecule has 1 atom stereocenters. The van der Waals surface area contributed by atoms with E-state index in [1.807, 2.05) is 24.3 Å². The third-order valence-corrected chi connectivity index (χ3v) is 4.64. The highest BCUT2D eigenvalue weighted by molar-refractivity contribution is 5.90. The van der Waals surface area contributed by atoms with Gasteiger partial charge in [-0.25, -0.2) is 4.79 Å². The van der Waals surface area contributed by atoms with E-state index >= 15 is 0 Å². The van der Waals surface area contributed by atoms with E-state index < -0.39 is 23.6 Å². The summed E-state index contributed by atoms with van der Waals surface area (Å²) < 4.78 is 10.7. The van der Waals surface area contributed by atoms with Gasteiger partial charge in [0.15, 0.2) is 0 Å². The predicted molar refractivity (Wildman–Crippen MR) is 109 cm³/mol. The molecular weight excluding hydrogens is 386 g/mol. The highest BCUT2D eigenvalue weighted by atomic mass is 16.6. The molecule has 2 aromatic rings. The molecule has 3 rings (SSSR count). The Hall–Kier alpha value is -3.29. The third-order valence-electron chi connectivity index (χ3n) is 4.64. The van der Waals surface area contributed by atoms with Crippen molar-refractivity contribution in [2.45, 2.75) is 51.9 Å². The van der Waals surface area contributed by atoms with Gasteiger partial charge in [-0.05, 0) is 44.0 Å². The molecule has 0 spiro atoms. The number of rotatable bonds is 5. The van der Waals surface area contributed by atoms with E-state index in [0.717, 1.165) is 11.1 Å². The highest BCUT2D eigenvalue weighted by Crippen LogP contribution is 2.25. The van der Waals surface area contributed by atoms with Crippen molar-refractivity contribution in [2.24, 2.45) is 0 Å². The lowest BCUT2D eigenvalue weighted by Crippen LogP contribution is -2.54. The molecule has 1 aliphatic rings. The zero-order valence-corrected chi connectivity index (χ0v) is 17.4. The van der Waals surface area contributed by atoms with Crippen molar-refractivity contribution in [3.63, 3.8) is 0 Å². The maximum atomic E-state index is 12.9. The smallest absolute Gasteiger partial charge is 0.411 e. The fourth-order valence-electron chi connectivity index (χ4n) is 3.22. The summed E-state index contributed by atoms with van der Waals surface area (Å²) in [5.41, 5.74) is 1.30. The van der Waals surface area contributed by atoms with Crippen molar-refractivity contribution in [1.29, 1.82) is 0 Å². The molecule has 0 saturated heterocycles. The molecular formula is C22H27N3O5. The van der Waals surface area contributed by atoms with Crippen LogP contribution < -0.4 is 10.6 Å². The van der Waals surface area contributed by atoms with Crippen LogP contribution >= 0.6 is 0 Å². The molecule has 160 valence electrons. The van der Waals surface area contributed by atoms with Gasteiger partial charge in [-0.1, -0.05) is 24.3 Å². The van der Waals surface area contributed by atoms with E-state index in [1.165, 1.54) is 11.2 Å². The summed E-state index contributed by atoms with van der Waals surface area (Å²) in [4.78, 5) is 39.1. The molecule has 0 unspecified atom stereocenters. The second-order valence-electron chi connectivity index (χ2n) is 8.17. The standard InChI is InChI=1S/C22H27N3O5/c1-22(2,3)30-21(28)25-14-16-8-5-4-7-15(16)11-18(25)20(27)24-13-19(26)23-12-17-9-6-10-29-17/h4-10,18H,11-14H2,1-3H3,(H,23,26)(H,24,27)/t18-/m0/s1. The normalized spacial score (nSPS) is 15.8. The number of hydrogen-bond acceptors (Lipinski definition) is 5. The van der Waals surface area contributed by atoms with Crippen LogP contribution in [0.5, 0.6) is 0 Å². The lowest BCUT2D eigenvalue weighted by molar-refractivity contribution is -0.130. The number of nitrogens with one attached hydrogen (secondary N) is 2. The lowest BCUT2D eigenvalue weighted by Gasteiger charge is -2.36. The molecule has 8 heteroatoms. The van der Waals surface area contributed by atoms with E-state index in [4.69, 9.17) is 9.15 Å². The molecule has 1 aromatic heterocycles. The summed E-state index contributed by atoms with van der Waals surface area (Å²) in [5.74, 6) is -0.127. The van der Waals surface area contributed by atoms with Gasteiger partial charge in [0, 0.05) is 6.42 Å². The SMILES string of the molecule is CC(C)(C)OC(=O)N1Cc2ccccc2C[C@H]1C(=O)NCC(=O)NCc1ccco1. The topological polar surface area (TPSA) is 101 Å². The Labute approximate surface area is 175 Å². The number of fused-ring (bicyclic) bond motifs is 1. The first-order chi connectivity index (χ1) is 14.2. The van der Waals surface area contributed by atoms with Gasteiger partial charge in [0.1, 0.15) is 17.4 Å². The molecule has 2 N–H and O–H groups in total. The number of carbonyl (C=O) groups is 3. The zero-order chi connectivity index (χ0) is 21.7. The molecule has 1 aromatic carbocycles. The second kappa shape index (κ2) is 9.02. The Morgan fingerprint density at radius 3 is 2.50 bits per heavy atom. The molecule has 0 aliphatic carbocycles. The van der Waals surface area contributed by atoms with E-state index in [1.54, 1.807) is 32.9 Å². The van der Waals surface area contributed by atoms with Crippen molar-refractivity contribution in [1.82, 2.24) is 15.5 Å². The molecule has 0 radical (unpaired) electrons. The fourth-order valence-corrected chi connectivity index (χ4v) is 3.22. The first-order valence-corrected chi connectivity index (χ1v) is 9.86. The van der Waals surface area contributed by atoms with Crippen LogP contribution in [-0.4, -0.2) is 41.0 Å². The summed E-state index contributed by atoms with van der Waals surface area (Å²) >= 11 is 0. The van der Waals surface area contributed by atoms with Gasteiger partial charge in [0.2, 0.25) is 11.8 Å². The van der Waals surface area contributed by atoms with Crippen LogP contribution in [0.4, 0.5) is 4.79 Å². The van der Waals surface area contributed by atoms with E-state index in [2.05, 4.69) is 10.6 Å². The van der Waals surface area contributed by atoms with Crippen LogP contribution in [0.3, 0.4) is 0 Å². The van der Waals surface area contributed by atoms with E-state index in [-0.39, 0.29) is 25.5 Å². The molecule has 0 fully saturated rings. The number of ether oxygens (including phenoxy) is 1. The van der Waals surface area contributed by atoms with Gasteiger partial charge in [-0.3, -0.25) is 14.5 Å². The molecule has 0 bridgehead atoms. The summed E-state index contributed by atoms with van der Waals surface area (Å²) in [6, 6.07) is 10.4. The average molecular weight is 413 g/mol. The highest BCUT2D eigenvalue weighted by Gasteiger charge is 2.36. The van der Waals surface area contributed by atoms with Gasteiger partial charge in [0.05, 0.1) is 25.9 Å². The van der Waals surface area contributed by atoms with Gasteiger partial charge in [-0.2, -0.15) is 0 Å². The van der Waals surface area contributed by atoms with Crippen molar-refractivity contribution < 1.29 is 23.5 Å². The number of amides is 3. The molecule has 8 nitrogen and oxygen atoms in total. The van der Waals surface area contributed by atoms with Crippen molar-refractivity contribution >= 4 is 17.9 Å². The minimum Gasteiger partial charge on any atom is -0.467 e. The zero-order valence-electron chi connectivity index (χ0n) is 17.4. The Balaban J connectivity index is 1.64. The second-order valence-corrected chi connectivity index (χ2v) is 8.17. The monoisotopic (exact) mass is 413 g/mol. The van der Waals surface area contributed by atoms with Crippen LogP contribution in [0.1, 0.15) is 37.7 Å². The minimum atomic E-state index is -0.757. The van der Waals surface area contributed by atoms with E-state index in [9.17, 15) is 14.4 Å². The van der Waals surface area contributed by atoms with Gasteiger partial charge in [0.25, 0.3) is 0 Å². The lowest BCUT2D eigenvalue weighted by atomic mass is 9.94. The quantitative estimate of drug-likeness (QED) is 0.784. The first kappa shape index (κ1) is 21.4. The van der Waals surface area contributed by atoms with Crippen molar-refractivity contribution in [3.05, 3.63) is 59.5 Å². The first-order valence-electron chi connectivity index (χ1n) is 9.86. The van der Waals surface area contributed by atoms with Crippen LogP contribution in [0.25, 0.3) is 0 Å². The molecule has 3 amide bonds. The largest absolute Gasteiger partial charge is 0.467 e. The Kier molecular flexibility index (Phi) is 6.44. The Morgan fingerprint density at radius 2 is 1.83 bits per heavy atom. The Bertz CT molecular complexity index is 902. The molecule has 1 aliphatic heterocycles. The number of nitrogens with zero attached hydrogens (tertiary/aromatic N) is 1. The van der Waals surface area contributed by atoms with Gasteiger partial charge >= 0.3 is 6.09 Å². The number of carbonyl (C=O) groups excluding carboxylic acids is 3. The van der Waals surface area contributed by atoms with Crippen LogP contribution in [0.15, 0.2) is 47.1 Å². The van der Waals surface area contributed by atoms with Gasteiger partial charge < -0.3 is 19.8 Å². The summed E-state index contributed by atoms with van der Waals surface area (Å²) in [5, 5.41) is 5.30. The van der Waals surface area contributed by atoms with Crippen molar-refractivity contribution in [3.8, 4) is 0 Å². The average Bonchev–Trinajstić information content (AvgIpc) is 3.21. The predicted octanol–water partition coefficient (Wildman–Crippen LogP) is 2.37.